The average molecular weight is 369 g/mol. The van der Waals surface area contributed by atoms with E-state index in [0.29, 0.717) is 4.47 Å². The van der Waals surface area contributed by atoms with Gasteiger partial charge in [-0.25, -0.2) is 0 Å². The van der Waals surface area contributed by atoms with E-state index < -0.39 is 4.92 Å². The van der Waals surface area contributed by atoms with E-state index in [0.717, 1.165) is 6.42 Å². The van der Waals surface area contributed by atoms with Crippen molar-refractivity contribution in [1.29, 1.82) is 0 Å². The normalized spacial score (nSPS) is 11.9. The van der Waals surface area contributed by atoms with E-state index >= 15 is 0 Å². The first kappa shape index (κ1) is 15.7. The van der Waals surface area contributed by atoms with Crippen molar-refractivity contribution < 1.29 is 9.72 Å². The summed E-state index contributed by atoms with van der Waals surface area (Å²) in [5.41, 5.74) is 0.163. The average Bonchev–Trinajstić information content (AvgIpc) is 2.91. The number of hydrogen-bond donors (Lipinski definition) is 1. The van der Waals surface area contributed by atoms with E-state index in [-0.39, 0.29) is 23.2 Å². The number of benzene rings is 1. The van der Waals surface area contributed by atoms with Gasteiger partial charge in [-0.05, 0) is 46.4 Å². The molecule has 0 aliphatic heterocycles. The number of hydrogen-bond acceptors (Lipinski definition) is 4. The molecule has 0 fully saturated rings. The first-order chi connectivity index (χ1) is 9.97. The standard InChI is InChI=1S/C14H13BrN2O3S/c1-9(7-11-3-2-6-21-11)16-14(18)10-4-5-12(15)13(8-10)17(19)20/h2-6,8-9H,7H2,1H3,(H,16,18). The molecule has 1 atom stereocenters. The number of halogens is 1. The number of thiophene rings is 1. The number of nitro groups is 1. The van der Waals surface area contributed by atoms with Crippen LogP contribution in [0.15, 0.2) is 40.2 Å². The Balaban J connectivity index is 2.06. The van der Waals surface area contributed by atoms with Crippen molar-refractivity contribution >= 4 is 38.9 Å². The van der Waals surface area contributed by atoms with Gasteiger partial charge < -0.3 is 5.32 Å². The number of nitrogens with zero attached hydrogens (tertiary/aromatic N) is 1. The summed E-state index contributed by atoms with van der Waals surface area (Å²) in [6.45, 7) is 1.91. The Bertz CT molecular complexity index is 658. The van der Waals surface area contributed by atoms with Gasteiger partial charge in [0.05, 0.1) is 9.40 Å². The lowest BCUT2D eigenvalue weighted by Crippen LogP contribution is -2.33. The molecule has 110 valence electrons. The molecule has 0 saturated carbocycles. The molecule has 0 spiro atoms. The van der Waals surface area contributed by atoms with Crippen LogP contribution >= 0.6 is 27.3 Å². The fraction of sp³-hybridized carbons (Fsp3) is 0.214. The molecule has 7 heteroatoms. The molecule has 21 heavy (non-hydrogen) atoms. The molecule has 2 aromatic rings. The van der Waals surface area contributed by atoms with E-state index in [1.54, 1.807) is 17.4 Å². The summed E-state index contributed by atoms with van der Waals surface area (Å²) in [4.78, 5) is 23.7. The van der Waals surface area contributed by atoms with Crippen LogP contribution in [0.1, 0.15) is 22.2 Å². The zero-order chi connectivity index (χ0) is 15.4. The van der Waals surface area contributed by atoms with Crippen molar-refractivity contribution in [2.24, 2.45) is 0 Å². The summed E-state index contributed by atoms with van der Waals surface area (Å²) >= 11 is 4.73. The first-order valence-electron chi connectivity index (χ1n) is 6.24. The summed E-state index contributed by atoms with van der Waals surface area (Å²) in [5, 5.41) is 15.7. The number of rotatable bonds is 5. The zero-order valence-corrected chi connectivity index (χ0v) is 13.6. The van der Waals surface area contributed by atoms with Crippen molar-refractivity contribution in [3.63, 3.8) is 0 Å². The highest BCUT2D eigenvalue weighted by Crippen LogP contribution is 2.25. The Morgan fingerprint density at radius 1 is 1.48 bits per heavy atom. The van der Waals surface area contributed by atoms with Gasteiger partial charge in [-0.15, -0.1) is 11.3 Å². The van der Waals surface area contributed by atoms with Crippen LogP contribution in [-0.4, -0.2) is 16.9 Å². The summed E-state index contributed by atoms with van der Waals surface area (Å²) in [6.07, 6.45) is 0.738. The van der Waals surface area contributed by atoms with Crippen LogP contribution in [0.4, 0.5) is 5.69 Å². The smallest absolute Gasteiger partial charge is 0.284 e. The third-order valence-corrected chi connectivity index (χ3v) is 4.44. The summed E-state index contributed by atoms with van der Waals surface area (Å²) in [7, 11) is 0. The molecule has 0 aliphatic rings. The predicted molar refractivity (Wildman–Crippen MR) is 85.7 cm³/mol. The van der Waals surface area contributed by atoms with Crippen molar-refractivity contribution in [3.8, 4) is 0 Å². The highest BCUT2D eigenvalue weighted by atomic mass is 79.9. The molecule has 1 aromatic heterocycles. The van der Waals surface area contributed by atoms with E-state index in [4.69, 9.17) is 0 Å². The molecule has 1 N–H and O–H groups in total. The van der Waals surface area contributed by atoms with Crippen molar-refractivity contribution in [3.05, 3.63) is 60.7 Å². The van der Waals surface area contributed by atoms with Crippen molar-refractivity contribution in [1.82, 2.24) is 5.32 Å². The molecule has 1 heterocycles. The molecule has 2 rings (SSSR count). The van der Waals surface area contributed by atoms with Gasteiger partial charge in [0, 0.05) is 29.0 Å². The fourth-order valence-corrected chi connectivity index (χ4v) is 3.11. The third kappa shape index (κ3) is 4.12. The second-order valence-electron chi connectivity index (χ2n) is 4.58. The molecule has 0 radical (unpaired) electrons. The molecular formula is C14H13BrN2O3S. The van der Waals surface area contributed by atoms with Gasteiger partial charge in [-0.3, -0.25) is 14.9 Å². The maximum atomic E-state index is 12.1. The third-order valence-electron chi connectivity index (χ3n) is 2.87. The number of amides is 1. The minimum atomic E-state index is -0.518. The van der Waals surface area contributed by atoms with Gasteiger partial charge in [0.1, 0.15) is 0 Å². The summed E-state index contributed by atoms with van der Waals surface area (Å²) < 4.78 is 0.357. The van der Waals surface area contributed by atoms with Crippen LogP contribution in [0.3, 0.4) is 0 Å². The highest BCUT2D eigenvalue weighted by molar-refractivity contribution is 9.10. The van der Waals surface area contributed by atoms with Crippen LogP contribution < -0.4 is 5.32 Å². The minimum Gasteiger partial charge on any atom is -0.349 e. The number of nitro benzene ring substituents is 1. The maximum Gasteiger partial charge on any atom is 0.284 e. The van der Waals surface area contributed by atoms with Crippen LogP contribution in [0.2, 0.25) is 0 Å². The largest absolute Gasteiger partial charge is 0.349 e. The van der Waals surface area contributed by atoms with Crippen LogP contribution in [0, 0.1) is 10.1 Å². The molecular weight excluding hydrogens is 356 g/mol. The van der Waals surface area contributed by atoms with E-state index in [9.17, 15) is 14.9 Å². The Kier molecular flexibility index (Phi) is 5.08. The fourth-order valence-electron chi connectivity index (χ4n) is 1.88. The van der Waals surface area contributed by atoms with E-state index in [1.807, 2.05) is 24.4 Å². The molecule has 0 saturated heterocycles. The van der Waals surface area contributed by atoms with Gasteiger partial charge in [-0.1, -0.05) is 6.07 Å². The Labute approximate surface area is 134 Å². The second kappa shape index (κ2) is 6.82. The van der Waals surface area contributed by atoms with Gasteiger partial charge in [0.2, 0.25) is 0 Å². The minimum absolute atomic E-state index is 0.0427. The Hall–Kier alpha value is -1.73. The van der Waals surface area contributed by atoms with E-state index in [1.165, 1.54) is 17.0 Å². The predicted octanol–water partition coefficient (Wildman–Crippen LogP) is 3.78. The van der Waals surface area contributed by atoms with Gasteiger partial charge in [-0.2, -0.15) is 0 Å². The number of nitrogens with one attached hydrogen (secondary N) is 1. The topological polar surface area (TPSA) is 72.2 Å². The van der Waals surface area contributed by atoms with Gasteiger partial charge in [0.25, 0.3) is 11.6 Å². The lowest BCUT2D eigenvalue weighted by Gasteiger charge is -2.13. The quantitative estimate of drug-likeness (QED) is 0.644. The molecule has 0 bridgehead atoms. The highest BCUT2D eigenvalue weighted by Gasteiger charge is 2.17. The lowest BCUT2D eigenvalue weighted by atomic mass is 10.1. The molecule has 5 nitrogen and oxygen atoms in total. The molecule has 0 aliphatic carbocycles. The summed E-state index contributed by atoms with van der Waals surface area (Å²) in [5.74, 6) is -0.311. The SMILES string of the molecule is CC(Cc1cccs1)NC(=O)c1ccc(Br)c([N+](=O)[O-])c1. The Morgan fingerprint density at radius 2 is 2.24 bits per heavy atom. The number of carbonyl (C=O) groups excluding carboxylic acids is 1. The zero-order valence-electron chi connectivity index (χ0n) is 11.2. The maximum absolute atomic E-state index is 12.1. The van der Waals surface area contributed by atoms with Gasteiger partial charge >= 0.3 is 0 Å². The van der Waals surface area contributed by atoms with E-state index in [2.05, 4.69) is 21.2 Å². The van der Waals surface area contributed by atoms with Crippen LogP contribution in [0.25, 0.3) is 0 Å². The molecule has 1 aromatic carbocycles. The second-order valence-corrected chi connectivity index (χ2v) is 6.47. The van der Waals surface area contributed by atoms with Crippen molar-refractivity contribution in [2.45, 2.75) is 19.4 Å². The van der Waals surface area contributed by atoms with Gasteiger partial charge in [0.15, 0.2) is 0 Å². The number of carbonyl (C=O) groups is 1. The van der Waals surface area contributed by atoms with Crippen LogP contribution in [-0.2, 0) is 6.42 Å². The summed E-state index contributed by atoms with van der Waals surface area (Å²) in [6, 6.07) is 8.28. The first-order valence-corrected chi connectivity index (χ1v) is 7.92. The lowest BCUT2D eigenvalue weighted by molar-refractivity contribution is -0.385. The molecule has 1 amide bonds. The van der Waals surface area contributed by atoms with Crippen molar-refractivity contribution in [2.75, 3.05) is 0 Å². The monoisotopic (exact) mass is 368 g/mol. The van der Waals surface area contributed by atoms with Crippen LogP contribution in [0.5, 0.6) is 0 Å². The Morgan fingerprint density at radius 3 is 2.86 bits per heavy atom. The molecule has 1 unspecified atom stereocenters.